The Morgan fingerprint density at radius 2 is 1.59 bits per heavy atom. The number of aliphatic hydroxyl groups excluding tert-OH is 4. The zero-order valence-corrected chi connectivity index (χ0v) is 17.5. The second kappa shape index (κ2) is 8.34. The molecule has 1 heterocycles. The number of carbonyl (C=O) groups excluding carboxylic acids is 2. The number of carboxylic acid groups (broad SMARTS) is 1. The molecule has 2 aliphatic rings. The van der Waals surface area contributed by atoms with Crippen molar-refractivity contribution in [2.75, 3.05) is 6.61 Å². The van der Waals surface area contributed by atoms with Crippen LogP contribution in [-0.4, -0.2) is 90.6 Å². The number of rotatable bonds is 4. The molecule has 0 bridgehead atoms. The molecular formula is C22H20O12. The molecular weight excluding hydrogens is 456 g/mol. The van der Waals surface area contributed by atoms with Gasteiger partial charge in [0, 0.05) is 22.8 Å². The quantitative estimate of drug-likeness (QED) is 0.243. The molecule has 0 saturated carbocycles. The number of carboxylic acids is 1. The van der Waals surface area contributed by atoms with Crippen LogP contribution in [-0.2, 0) is 4.74 Å². The SMILES string of the molecule is Cc1c(C(=O)O)c(O)cc2c1C(=O)c1c(O)cc(O[C@H]3O[C@@H](CO)[C@@H](O)[C@@H](O)[C@H]3O)cc1C2=O. The number of benzene rings is 2. The van der Waals surface area contributed by atoms with Gasteiger partial charge in [-0.2, -0.15) is 0 Å². The highest BCUT2D eigenvalue weighted by Gasteiger charge is 2.45. The molecule has 0 unspecified atom stereocenters. The van der Waals surface area contributed by atoms with Crippen molar-refractivity contribution in [1.82, 2.24) is 0 Å². The van der Waals surface area contributed by atoms with Gasteiger partial charge < -0.3 is 45.2 Å². The van der Waals surface area contributed by atoms with E-state index in [1.54, 1.807) is 0 Å². The first-order valence-electron chi connectivity index (χ1n) is 10.0. The van der Waals surface area contributed by atoms with Crippen LogP contribution in [0.25, 0.3) is 0 Å². The molecule has 2 aromatic carbocycles. The van der Waals surface area contributed by atoms with Gasteiger partial charge in [0.2, 0.25) is 6.29 Å². The highest BCUT2D eigenvalue weighted by atomic mass is 16.7. The van der Waals surface area contributed by atoms with Gasteiger partial charge in [-0.25, -0.2) is 4.79 Å². The fraction of sp³-hybridized carbons (Fsp3) is 0.318. The van der Waals surface area contributed by atoms with E-state index in [1.165, 1.54) is 6.92 Å². The van der Waals surface area contributed by atoms with Gasteiger partial charge in [-0.15, -0.1) is 0 Å². The molecule has 0 spiro atoms. The summed E-state index contributed by atoms with van der Waals surface area (Å²) in [5.74, 6) is -4.82. The normalized spacial score (nSPS) is 26.1. The lowest BCUT2D eigenvalue weighted by molar-refractivity contribution is -0.277. The van der Waals surface area contributed by atoms with Crippen LogP contribution in [0.4, 0.5) is 0 Å². The first-order valence-corrected chi connectivity index (χ1v) is 10.0. The number of aliphatic hydroxyl groups is 4. The Bertz CT molecular complexity index is 1220. The van der Waals surface area contributed by atoms with E-state index in [-0.39, 0.29) is 28.0 Å². The Labute approximate surface area is 190 Å². The molecule has 5 atom stereocenters. The third-order valence-electron chi connectivity index (χ3n) is 5.91. The molecule has 4 rings (SSSR count). The van der Waals surface area contributed by atoms with Gasteiger partial charge in [-0.1, -0.05) is 0 Å². The Morgan fingerprint density at radius 1 is 0.941 bits per heavy atom. The molecule has 0 aromatic heterocycles. The van der Waals surface area contributed by atoms with Gasteiger partial charge in [0.25, 0.3) is 0 Å². The van der Waals surface area contributed by atoms with E-state index in [4.69, 9.17) is 9.47 Å². The number of aromatic carboxylic acids is 1. The number of phenolic OH excluding ortho intramolecular Hbond substituents is 1. The number of carbonyl (C=O) groups is 3. The van der Waals surface area contributed by atoms with E-state index in [1.807, 2.05) is 0 Å². The molecule has 12 heteroatoms. The largest absolute Gasteiger partial charge is 0.507 e. The highest BCUT2D eigenvalue weighted by molar-refractivity contribution is 6.30. The number of aromatic hydroxyl groups is 2. The third kappa shape index (κ3) is 3.48. The lowest BCUT2D eigenvalue weighted by atomic mass is 9.80. The summed E-state index contributed by atoms with van der Waals surface area (Å²) in [5.41, 5.74) is -1.98. The third-order valence-corrected chi connectivity index (χ3v) is 5.91. The topological polar surface area (TPSA) is 211 Å². The molecule has 180 valence electrons. The Kier molecular flexibility index (Phi) is 5.79. The van der Waals surface area contributed by atoms with Crippen molar-refractivity contribution in [2.45, 2.75) is 37.6 Å². The van der Waals surface area contributed by atoms with Crippen molar-refractivity contribution < 1.29 is 59.6 Å². The number of phenols is 2. The summed E-state index contributed by atoms with van der Waals surface area (Å²) in [6.45, 7) is 0.553. The van der Waals surface area contributed by atoms with Crippen molar-refractivity contribution in [1.29, 1.82) is 0 Å². The average Bonchev–Trinajstić information content (AvgIpc) is 2.76. The van der Waals surface area contributed by atoms with E-state index in [0.717, 1.165) is 18.2 Å². The summed E-state index contributed by atoms with van der Waals surface area (Å²) in [5, 5.41) is 69.2. The van der Waals surface area contributed by atoms with Crippen molar-refractivity contribution in [3.8, 4) is 17.2 Å². The summed E-state index contributed by atoms with van der Waals surface area (Å²) in [6.07, 6.45) is -7.99. The highest BCUT2D eigenvalue weighted by Crippen LogP contribution is 2.40. The van der Waals surface area contributed by atoms with Crippen LogP contribution in [0.2, 0.25) is 0 Å². The zero-order valence-electron chi connectivity index (χ0n) is 17.5. The summed E-state index contributed by atoms with van der Waals surface area (Å²) in [7, 11) is 0. The zero-order chi connectivity index (χ0) is 25.1. The maximum atomic E-state index is 13.1. The van der Waals surface area contributed by atoms with E-state index < -0.39 is 77.5 Å². The van der Waals surface area contributed by atoms with Crippen molar-refractivity contribution in [2.24, 2.45) is 0 Å². The van der Waals surface area contributed by atoms with Gasteiger partial charge in [0.05, 0.1) is 12.2 Å². The molecule has 7 N–H and O–H groups in total. The first kappa shape index (κ1) is 23.6. The molecule has 1 aliphatic carbocycles. The second-order valence-electron chi connectivity index (χ2n) is 7.96. The number of ether oxygens (including phenoxy) is 2. The monoisotopic (exact) mass is 476 g/mol. The minimum absolute atomic E-state index is 0.146. The molecule has 34 heavy (non-hydrogen) atoms. The maximum Gasteiger partial charge on any atom is 0.339 e. The van der Waals surface area contributed by atoms with Crippen LogP contribution in [0.5, 0.6) is 17.2 Å². The van der Waals surface area contributed by atoms with Crippen LogP contribution in [0, 0.1) is 6.92 Å². The van der Waals surface area contributed by atoms with Crippen LogP contribution >= 0.6 is 0 Å². The van der Waals surface area contributed by atoms with Gasteiger partial charge in [0.15, 0.2) is 11.6 Å². The molecule has 0 amide bonds. The number of ketones is 2. The fourth-order valence-electron chi connectivity index (χ4n) is 4.20. The van der Waals surface area contributed by atoms with E-state index in [0.29, 0.717) is 0 Å². The van der Waals surface area contributed by atoms with Gasteiger partial charge in [-0.3, -0.25) is 9.59 Å². The predicted molar refractivity (Wildman–Crippen MR) is 109 cm³/mol. The number of hydrogen-bond acceptors (Lipinski definition) is 11. The van der Waals surface area contributed by atoms with Gasteiger partial charge in [0.1, 0.15) is 47.2 Å². The van der Waals surface area contributed by atoms with Crippen LogP contribution < -0.4 is 4.74 Å². The molecule has 0 radical (unpaired) electrons. The predicted octanol–water partition coefficient (Wildman–Crippen LogP) is -0.941. The molecule has 1 fully saturated rings. The van der Waals surface area contributed by atoms with Crippen LogP contribution in [0.3, 0.4) is 0 Å². The van der Waals surface area contributed by atoms with Crippen LogP contribution in [0.1, 0.15) is 47.8 Å². The van der Waals surface area contributed by atoms with Gasteiger partial charge in [-0.05, 0) is 24.6 Å². The summed E-state index contributed by atoms with van der Waals surface area (Å²) in [4.78, 5) is 37.7. The first-order chi connectivity index (χ1) is 16.0. The van der Waals surface area contributed by atoms with E-state index >= 15 is 0 Å². The van der Waals surface area contributed by atoms with Crippen LogP contribution in [0.15, 0.2) is 18.2 Å². The Hall–Kier alpha value is -3.55. The summed E-state index contributed by atoms with van der Waals surface area (Å²) >= 11 is 0. The fourth-order valence-corrected chi connectivity index (χ4v) is 4.20. The Morgan fingerprint density at radius 3 is 2.21 bits per heavy atom. The average molecular weight is 476 g/mol. The van der Waals surface area contributed by atoms with E-state index in [9.17, 15) is 50.1 Å². The lowest BCUT2D eigenvalue weighted by Gasteiger charge is -2.39. The van der Waals surface area contributed by atoms with Crippen molar-refractivity contribution in [3.63, 3.8) is 0 Å². The summed E-state index contributed by atoms with van der Waals surface area (Å²) in [6, 6.07) is 2.87. The smallest absolute Gasteiger partial charge is 0.339 e. The minimum atomic E-state index is -1.76. The van der Waals surface area contributed by atoms with Crippen molar-refractivity contribution >= 4 is 17.5 Å². The molecule has 1 saturated heterocycles. The van der Waals surface area contributed by atoms with Gasteiger partial charge >= 0.3 is 5.97 Å². The molecule has 1 aliphatic heterocycles. The number of fused-ring (bicyclic) bond motifs is 2. The molecule has 12 nitrogen and oxygen atoms in total. The number of hydrogen-bond donors (Lipinski definition) is 7. The molecule has 2 aromatic rings. The summed E-state index contributed by atoms with van der Waals surface area (Å²) < 4.78 is 10.7. The minimum Gasteiger partial charge on any atom is -0.507 e. The van der Waals surface area contributed by atoms with Crippen molar-refractivity contribution in [3.05, 3.63) is 51.6 Å². The standard InChI is InChI=1S/C22H20O12/c1-6-13-9(4-11(25)14(6)21(31)32)16(26)8-2-7(3-10(24)15(8)18(13)28)33-22-20(30)19(29)17(27)12(5-23)34-22/h2-4,12,17,19-20,22-25,27,29-30H,5H2,1H3,(H,31,32)/t12-,17+,19+,20+,22-/m0/s1. The Balaban J connectivity index is 1.75. The second-order valence-corrected chi connectivity index (χ2v) is 7.96. The maximum absolute atomic E-state index is 13.1. The lowest BCUT2D eigenvalue weighted by Crippen LogP contribution is -2.60. The van der Waals surface area contributed by atoms with E-state index in [2.05, 4.69) is 0 Å².